The first kappa shape index (κ1) is 27.0. The van der Waals surface area contributed by atoms with E-state index in [1.807, 2.05) is 23.6 Å². The fourth-order valence-electron chi connectivity index (χ4n) is 7.44. The Balaban J connectivity index is 1.28. The third-order valence-electron chi connectivity index (χ3n) is 9.57. The molecule has 0 saturated heterocycles. The van der Waals surface area contributed by atoms with Gasteiger partial charge >= 0.3 is 0 Å². The second kappa shape index (κ2) is 10.2. The minimum absolute atomic E-state index is 0.658. The minimum Gasteiger partial charge on any atom is -0.276 e. The van der Waals surface area contributed by atoms with Crippen LogP contribution in [-0.4, -0.2) is 24.5 Å². The molecule has 7 heteroatoms. The van der Waals surface area contributed by atoms with Crippen molar-refractivity contribution in [3.8, 4) is 28.3 Å². The Morgan fingerprint density at radius 1 is 0.510 bits per heavy atom. The molecule has 0 aliphatic carbocycles. The summed E-state index contributed by atoms with van der Waals surface area (Å²) in [6, 6.07) is 44.9. The molecule has 0 radical (unpaired) electrons. The van der Waals surface area contributed by atoms with E-state index < -0.39 is 0 Å². The predicted octanol–water partition coefficient (Wildman–Crippen LogP) is 11.6. The van der Waals surface area contributed by atoms with E-state index in [0.717, 1.165) is 43.4 Å². The molecule has 0 saturated carbocycles. The molecule has 11 aromatic rings. The van der Waals surface area contributed by atoms with Gasteiger partial charge in [-0.1, -0.05) is 109 Å². The summed E-state index contributed by atoms with van der Waals surface area (Å²) in [6.45, 7) is 0. The van der Waals surface area contributed by atoms with Gasteiger partial charge in [-0.15, -0.1) is 22.7 Å². The van der Waals surface area contributed by atoms with Crippen LogP contribution in [-0.2, 0) is 0 Å². The molecule has 0 atom stereocenters. The van der Waals surface area contributed by atoms with E-state index in [0.29, 0.717) is 5.95 Å². The van der Waals surface area contributed by atoms with Crippen LogP contribution < -0.4 is 0 Å². The Hall–Kier alpha value is -6.02. The summed E-state index contributed by atoms with van der Waals surface area (Å²) in [5.74, 6) is 0.658. The number of rotatable bonds is 3. The van der Waals surface area contributed by atoms with Crippen LogP contribution in [0.25, 0.3) is 102 Å². The number of hydrogen-bond donors (Lipinski definition) is 0. The highest BCUT2D eigenvalue weighted by Gasteiger charge is 2.26. The number of hydrogen-bond acceptors (Lipinski definition) is 6. The molecule has 0 unspecified atom stereocenters. The van der Waals surface area contributed by atoms with Gasteiger partial charge in [0.2, 0.25) is 5.95 Å². The lowest BCUT2D eigenvalue weighted by Gasteiger charge is -2.12. The van der Waals surface area contributed by atoms with E-state index in [2.05, 4.69) is 131 Å². The van der Waals surface area contributed by atoms with Crippen LogP contribution in [0.2, 0.25) is 0 Å². The lowest BCUT2D eigenvalue weighted by molar-refractivity contribution is 1.02. The van der Waals surface area contributed by atoms with E-state index in [-0.39, 0.29) is 0 Å². The van der Waals surface area contributed by atoms with Crippen LogP contribution in [0, 0.1) is 0 Å². The quantitative estimate of drug-likeness (QED) is 0.189. The van der Waals surface area contributed by atoms with Gasteiger partial charge < -0.3 is 0 Å². The highest BCUT2D eigenvalue weighted by atomic mass is 32.1. The van der Waals surface area contributed by atoms with E-state index in [1.54, 1.807) is 17.7 Å². The van der Waals surface area contributed by atoms with Crippen LogP contribution in [0.1, 0.15) is 0 Å². The lowest BCUT2D eigenvalue weighted by Crippen LogP contribution is -2.03. The Morgan fingerprint density at radius 2 is 1.20 bits per heavy atom. The van der Waals surface area contributed by atoms with Gasteiger partial charge in [-0.2, -0.15) is 0 Å². The van der Waals surface area contributed by atoms with E-state index >= 15 is 0 Å². The molecule has 0 aliphatic rings. The molecule has 0 aliphatic heterocycles. The van der Waals surface area contributed by atoms with Crippen molar-refractivity contribution < 1.29 is 0 Å². The second-order valence-corrected chi connectivity index (χ2v) is 14.4. The average molecular weight is 662 g/mol. The highest BCUT2D eigenvalue weighted by Crippen LogP contribution is 2.51. The van der Waals surface area contributed by atoms with Gasteiger partial charge in [0.05, 0.1) is 37.2 Å². The number of para-hydroxylation sites is 2. The highest BCUT2D eigenvalue weighted by molar-refractivity contribution is 7.29. The zero-order valence-corrected chi connectivity index (χ0v) is 27.5. The number of benzene rings is 6. The molecule has 0 amide bonds. The Bertz CT molecular complexity index is 3100. The first-order valence-corrected chi connectivity index (χ1v) is 17.8. The number of fused-ring (bicyclic) bond motifs is 13. The Labute approximate surface area is 287 Å². The second-order valence-electron chi connectivity index (χ2n) is 12.3. The first-order chi connectivity index (χ1) is 24.3. The first-order valence-electron chi connectivity index (χ1n) is 16.1. The summed E-state index contributed by atoms with van der Waals surface area (Å²) in [6.07, 6.45) is 3.61. The zero-order valence-electron chi connectivity index (χ0n) is 25.8. The van der Waals surface area contributed by atoms with Crippen molar-refractivity contribution in [2.75, 3.05) is 0 Å². The number of aromatic nitrogens is 5. The number of thiophene rings is 2. The van der Waals surface area contributed by atoms with Gasteiger partial charge in [-0.25, -0.2) is 19.9 Å². The normalized spacial score (nSPS) is 12.1. The average Bonchev–Trinajstić information content (AvgIpc) is 3.85. The van der Waals surface area contributed by atoms with Crippen molar-refractivity contribution in [1.29, 1.82) is 0 Å². The molecule has 5 heterocycles. The predicted molar refractivity (Wildman–Crippen MR) is 206 cm³/mol. The maximum absolute atomic E-state index is 5.44. The molecule has 6 aromatic carbocycles. The van der Waals surface area contributed by atoms with Gasteiger partial charge in [-0.3, -0.25) is 4.57 Å². The van der Waals surface area contributed by atoms with Crippen LogP contribution in [0.3, 0.4) is 0 Å². The molecule has 0 fully saturated rings. The van der Waals surface area contributed by atoms with Crippen molar-refractivity contribution in [3.63, 3.8) is 0 Å². The fraction of sp³-hybridized carbons (Fsp3) is 0. The minimum atomic E-state index is 0.658. The Morgan fingerprint density at radius 3 is 2.08 bits per heavy atom. The molecule has 11 rings (SSSR count). The molecular weight excluding hydrogens is 639 g/mol. The van der Waals surface area contributed by atoms with Gasteiger partial charge in [0.25, 0.3) is 0 Å². The summed E-state index contributed by atoms with van der Waals surface area (Å²) in [5, 5.41) is 7.07. The van der Waals surface area contributed by atoms with Crippen LogP contribution in [0.15, 0.2) is 140 Å². The van der Waals surface area contributed by atoms with Gasteiger partial charge in [0, 0.05) is 53.5 Å². The molecule has 5 nitrogen and oxygen atoms in total. The van der Waals surface area contributed by atoms with Crippen LogP contribution in [0.5, 0.6) is 0 Å². The van der Waals surface area contributed by atoms with Crippen molar-refractivity contribution in [3.05, 3.63) is 140 Å². The summed E-state index contributed by atoms with van der Waals surface area (Å²) in [5.41, 5.74) is 8.46. The Kier molecular flexibility index (Phi) is 5.64. The smallest absolute Gasteiger partial charge is 0.235 e. The maximum atomic E-state index is 5.44. The summed E-state index contributed by atoms with van der Waals surface area (Å²) < 4.78 is 7.06. The van der Waals surface area contributed by atoms with Gasteiger partial charge in [-0.05, 0) is 29.3 Å². The van der Waals surface area contributed by atoms with Crippen molar-refractivity contribution >= 4 is 95.9 Å². The lowest BCUT2D eigenvalue weighted by atomic mass is 10.0. The third kappa shape index (κ3) is 3.85. The standard InChI is InChI=1S/C42H23N5S2/c1-2-10-24(11-3-1)25-18-20-26(21-19-25)37-27-12-4-7-15-30(27)45-42(46-37)47-31-16-8-5-13-28(31)35-39(47)41-34(29-14-6-9-17-32(29)48-41)36-38-33(49-40(35)36)22-43-23-44-38/h1-23H. The van der Waals surface area contributed by atoms with E-state index in [4.69, 9.17) is 15.0 Å². The molecule has 0 N–H and O–H groups in total. The SMILES string of the molecule is c1ccc(-c2ccc(-c3nc(-n4c5ccccc5c5c6sc7cncnc7c6c6c7ccccc7sc6c54)nc4ccccc34)cc2)cc1. The monoisotopic (exact) mass is 661 g/mol. The molecule has 5 aromatic heterocycles. The fourth-order valence-corrected chi connectivity index (χ4v) is 9.89. The molecular formula is C42H23N5S2. The largest absolute Gasteiger partial charge is 0.276 e. The maximum Gasteiger partial charge on any atom is 0.235 e. The van der Waals surface area contributed by atoms with Crippen LogP contribution >= 0.6 is 22.7 Å². The summed E-state index contributed by atoms with van der Waals surface area (Å²) in [4.78, 5) is 20.0. The zero-order chi connectivity index (χ0) is 32.1. The van der Waals surface area contributed by atoms with Crippen molar-refractivity contribution in [2.24, 2.45) is 0 Å². The molecule has 49 heavy (non-hydrogen) atoms. The molecule has 228 valence electrons. The third-order valence-corrected chi connectivity index (χ3v) is 11.9. The van der Waals surface area contributed by atoms with E-state index in [1.165, 1.54) is 52.2 Å². The van der Waals surface area contributed by atoms with Crippen molar-refractivity contribution in [2.45, 2.75) is 0 Å². The molecule has 0 bridgehead atoms. The van der Waals surface area contributed by atoms with Gasteiger partial charge in [0.1, 0.15) is 6.33 Å². The van der Waals surface area contributed by atoms with Crippen LogP contribution in [0.4, 0.5) is 0 Å². The summed E-state index contributed by atoms with van der Waals surface area (Å²) >= 11 is 3.60. The number of nitrogens with zero attached hydrogens (tertiary/aromatic N) is 5. The summed E-state index contributed by atoms with van der Waals surface area (Å²) in [7, 11) is 0. The van der Waals surface area contributed by atoms with E-state index in [9.17, 15) is 0 Å². The van der Waals surface area contributed by atoms with Gasteiger partial charge in [0.15, 0.2) is 0 Å². The topological polar surface area (TPSA) is 56.5 Å². The molecule has 0 spiro atoms. The van der Waals surface area contributed by atoms with Crippen molar-refractivity contribution in [1.82, 2.24) is 24.5 Å².